The minimum Gasteiger partial charge on any atom is -1.00 e. The number of unbranched alkanes of at least 4 members (excludes halogenated alkanes) is 6. The fourth-order valence-corrected chi connectivity index (χ4v) is 1.37. The molecule has 0 fully saturated rings. The Bertz CT molecular complexity index is 104. The predicted molar refractivity (Wildman–Crippen MR) is 70.5 cm³/mol. The van der Waals surface area contributed by atoms with Crippen LogP contribution in [0.3, 0.4) is 0 Å². The van der Waals surface area contributed by atoms with E-state index in [2.05, 4.69) is 20.3 Å². The Labute approximate surface area is 130 Å². The number of hydrogen-bond acceptors (Lipinski definition) is 2. The SMILES string of the molecule is C[CH-]CCCOCOCCCCCCC.[Cl-].[Mg+2]. The van der Waals surface area contributed by atoms with E-state index in [1.165, 1.54) is 32.1 Å². The van der Waals surface area contributed by atoms with E-state index in [4.69, 9.17) is 9.47 Å². The van der Waals surface area contributed by atoms with Crippen LogP contribution in [0.4, 0.5) is 0 Å². The molecule has 0 bridgehead atoms. The number of hydrogen-bond donors (Lipinski definition) is 0. The van der Waals surface area contributed by atoms with Crippen molar-refractivity contribution in [1.82, 2.24) is 0 Å². The van der Waals surface area contributed by atoms with Crippen molar-refractivity contribution in [2.45, 2.75) is 58.8 Å². The van der Waals surface area contributed by atoms with E-state index in [1.54, 1.807) is 0 Å². The van der Waals surface area contributed by atoms with E-state index in [-0.39, 0.29) is 35.5 Å². The van der Waals surface area contributed by atoms with Gasteiger partial charge in [0.2, 0.25) is 0 Å². The number of rotatable bonds is 12. The van der Waals surface area contributed by atoms with Crippen LogP contribution in [0, 0.1) is 6.42 Å². The molecule has 0 saturated heterocycles. The van der Waals surface area contributed by atoms with E-state index >= 15 is 0 Å². The van der Waals surface area contributed by atoms with Crippen LogP contribution in [-0.4, -0.2) is 43.1 Å². The second-order valence-corrected chi connectivity index (χ2v) is 3.90. The van der Waals surface area contributed by atoms with Crippen molar-refractivity contribution in [1.29, 1.82) is 0 Å². The molecule has 0 aromatic heterocycles. The summed E-state index contributed by atoms with van der Waals surface area (Å²) in [6.07, 6.45) is 10.9. The predicted octanol–water partition coefficient (Wildman–Crippen LogP) is 0.575. The van der Waals surface area contributed by atoms with Crippen LogP contribution in [0.25, 0.3) is 0 Å². The summed E-state index contributed by atoms with van der Waals surface area (Å²) in [7, 11) is 0. The van der Waals surface area contributed by atoms with Crippen molar-refractivity contribution in [2.24, 2.45) is 0 Å². The van der Waals surface area contributed by atoms with Crippen LogP contribution in [0.5, 0.6) is 0 Å². The maximum Gasteiger partial charge on any atom is 2.00 e. The first-order valence-corrected chi connectivity index (χ1v) is 6.35. The van der Waals surface area contributed by atoms with Gasteiger partial charge in [-0.25, -0.2) is 0 Å². The summed E-state index contributed by atoms with van der Waals surface area (Å²) in [5, 5.41) is 0. The molecule has 0 atom stereocenters. The van der Waals surface area contributed by atoms with Gasteiger partial charge in [0.05, 0.1) is 0 Å². The molecule has 0 aromatic carbocycles. The molecule has 0 amide bonds. The minimum absolute atomic E-state index is 0. The van der Waals surface area contributed by atoms with Crippen molar-refractivity contribution < 1.29 is 21.9 Å². The summed E-state index contributed by atoms with van der Waals surface area (Å²) < 4.78 is 10.7. The molecular weight excluding hydrogens is 248 g/mol. The molecule has 0 heterocycles. The standard InChI is InChI=1S/C13H27O2.ClH.Mg/c1-3-5-7-8-10-12-15-13-14-11-9-6-4-2;;/h4H,3,5-13H2,1-2H3;1H;/q-1;;+2/p-1. The fourth-order valence-electron chi connectivity index (χ4n) is 1.37. The molecule has 0 aliphatic heterocycles. The molecule has 0 N–H and O–H groups in total. The second-order valence-electron chi connectivity index (χ2n) is 3.90. The summed E-state index contributed by atoms with van der Waals surface area (Å²) in [6.45, 7) is 6.45. The molecule has 0 rings (SSSR count). The average Bonchev–Trinajstić information content (AvgIpc) is 2.26. The van der Waals surface area contributed by atoms with Gasteiger partial charge in [0.1, 0.15) is 6.79 Å². The largest absolute Gasteiger partial charge is 2.00 e. The van der Waals surface area contributed by atoms with E-state index < -0.39 is 0 Å². The van der Waals surface area contributed by atoms with Gasteiger partial charge in [-0.05, 0) is 6.42 Å². The van der Waals surface area contributed by atoms with Crippen LogP contribution in [0.15, 0.2) is 0 Å². The molecule has 0 spiro atoms. The Hall–Kier alpha value is 0.976. The van der Waals surface area contributed by atoms with Gasteiger partial charge in [-0.3, -0.25) is 0 Å². The molecule has 0 aromatic rings. The zero-order chi connectivity index (χ0) is 11.2. The summed E-state index contributed by atoms with van der Waals surface area (Å²) in [4.78, 5) is 0. The van der Waals surface area contributed by atoms with Gasteiger partial charge in [-0.15, -0.1) is 0 Å². The second kappa shape index (κ2) is 22.2. The first kappa shape index (κ1) is 23.1. The van der Waals surface area contributed by atoms with Crippen molar-refractivity contribution in [3.63, 3.8) is 0 Å². The van der Waals surface area contributed by atoms with E-state index in [0.717, 1.165) is 26.1 Å². The molecule has 0 saturated carbocycles. The van der Waals surface area contributed by atoms with Crippen LogP contribution in [0.2, 0.25) is 0 Å². The van der Waals surface area contributed by atoms with Crippen LogP contribution >= 0.6 is 0 Å². The molecule has 2 nitrogen and oxygen atoms in total. The first-order chi connectivity index (χ1) is 7.41. The molecule has 17 heavy (non-hydrogen) atoms. The Balaban J connectivity index is -0.000000980. The van der Waals surface area contributed by atoms with Gasteiger partial charge >= 0.3 is 23.1 Å². The Morgan fingerprint density at radius 3 is 2.06 bits per heavy atom. The maximum atomic E-state index is 5.36. The maximum absolute atomic E-state index is 5.36. The van der Waals surface area contributed by atoms with E-state index in [0.29, 0.717) is 6.79 Å². The van der Waals surface area contributed by atoms with Gasteiger partial charge < -0.3 is 28.3 Å². The molecular formula is C13H27ClMgO2. The third-order valence-electron chi connectivity index (χ3n) is 2.34. The van der Waals surface area contributed by atoms with Crippen LogP contribution in [-0.2, 0) is 9.47 Å². The molecule has 0 unspecified atom stereocenters. The van der Waals surface area contributed by atoms with Gasteiger partial charge in [0.15, 0.2) is 0 Å². The minimum atomic E-state index is 0. The third kappa shape index (κ3) is 22.6. The van der Waals surface area contributed by atoms with Gasteiger partial charge in [-0.1, -0.05) is 39.0 Å². The topological polar surface area (TPSA) is 18.5 Å². The van der Waals surface area contributed by atoms with Crippen LogP contribution in [0.1, 0.15) is 58.8 Å². The number of halogens is 1. The fraction of sp³-hybridized carbons (Fsp3) is 0.923. The van der Waals surface area contributed by atoms with E-state index in [9.17, 15) is 0 Å². The van der Waals surface area contributed by atoms with Crippen molar-refractivity contribution in [2.75, 3.05) is 20.0 Å². The molecule has 4 heteroatoms. The smallest absolute Gasteiger partial charge is 1.00 e. The van der Waals surface area contributed by atoms with Crippen LogP contribution < -0.4 is 12.4 Å². The zero-order valence-electron chi connectivity index (χ0n) is 11.5. The summed E-state index contributed by atoms with van der Waals surface area (Å²) >= 11 is 0. The third-order valence-corrected chi connectivity index (χ3v) is 2.34. The number of ether oxygens (including phenoxy) is 2. The summed E-state index contributed by atoms with van der Waals surface area (Å²) in [5.74, 6) is 0. The summed E-state index contributed by atoms with van der Waals surface area (Å²) in [5.41, 5.74) is 0. The van der Waals surface area contributed by atoms with Gasteiger partial charge in [-0.2, -0.15) is 13.3 Å². The normalized spacial score (nSPS) is 9.53. The van der Waals surface area contributed by atoms with Gasteiger partial charge in [0.25, 0.3) is 0 Å². The molecule has 100 valence electrons. The van der Waals surface area contributed by atoms with E-state index in [1.807, 2.05) is 0 Å². The van der Waals surface area contributed by atoms with Crippen molar-refractivity contribution in [3.8, 4) is 0 Å². The summed E-state index contributed by atoms with van der Waals surface area (Å²) in [6, 6.07) is 0. The quantitative estimate of drug-likeness (QED) is 0.224. The van der Waals surface area contributed by atoms with Gasteiger partial charge in [0, 0.05) is 13.2 Å². The zero-order valence-corrected chi connectivity index (χ0v) is 13.7. The Kier molecular flexibility index (Phi) is 30.1. The van der Waals surface area contributed by atoms with Crippen molar-refractivity contribution in [3.05, 3.63) is 6.42 Å². The Morgan fingerprint density at radius 2 is 1.47 bits per heavy atom. The molecule has 0 radical (unpaired) electrons. The van der Waals surface area contributed by atoms with Crippen molar-refractivity contribution >= 4 is 23.1 Å². The molecule has 0 aliphatic rings. The monoisotopic (exact) mass is 274 g/mol. The first-order valence-electron chi connectivity index (χ1n) is 6.35. The molecule has 0 aliphatic carbocycles. The Morgan fingerprint density at radius 1 is 0.882 bits per heavy atom. The average molecular weight is 275 g/mol.